The Bertz CT molecular complexity index is 643. The fourth-order valence-corrected chi connectivity index (χ4v) is 4.25. The van der Waals surface area contributed by atoms with Gasteiger partial charge in [-0.25, -0.2) is 0 Å². The summed E-state index contributed by atoms with van der Waals surface area (Å²) < 4.78 is 5.58. The number of hydrogen-bond acceptors (Lipinski definition) is 4. The Morgan fingerprint density at radius 1 is 1.24 bits per heavy atom. The van der Waals surface area contributed by atoms with Crippen LogP contribution in [0.1, 0.15) is 31.2 Å². The average Bonchev–Trinajstić information content (AvgIpc) is 2.72. The summed E-state index contributed by atoms with van der Waals surface area (Å²) in [5.74, 6) is 0.906. The molecule has 2 saturated heterocycles. The lowest BCUT2D eigenvalue weighted by Crippen LogP contribution is -2.58. The molecule has 2 N–H and O–H groups in total. The number of halogens is 1. The van der Waals surface area contributed by atoms with Crippen molar-refractivity contribution in [1.29, 1.82) is 0 Å². The first-order chi connectivity index (χ1) is 13.5. The van der Waals surface area contributed by atoms with Gasteiger partial charge in [-0.15, -0.1) is 24.0 Å². The van der Waals surface area contributed by atoms with Crippen LogP contribution >= 0.6 is 24.0 Å². The minimum Gasteiger partial charge on any atom is -0.381 e. The zero-order chi connectivity index (χ0) is 20.0. The van der Waals surface area contributed by atoms with Crippen LogP contribution in [0.4, 0.5) is 5.69 Å². The summed E-state index contributed by atoms with van der Waals surface area (Å²) in [4.78, 5) is 9.32. The monoisotopic (exact) mass is 515 g/mol. The molecular weight excluding hydrogens is 477 g/mol. The Hall–Kier alpha value is -1.06. The van der Waals surface area contributed by atoms with E-state index in [1.165, 1.54) is 24.1 Å². The van der Waals surface area contributed by atoms with E-state index in [0.29, 0.717) is 6.04 Å². The van der Waals surface area contributed by atoms with Gasteiger partial charge in [-0.3, -0.25) is 4.99 Å². The number of rotatable bonds is 5. The molecule has 0 radical (unpaired) electrons. The highest BCUT2D eigenvalue weighted by Gasteiger charge is 2.35. The molecule has 2 fully saturated rings. The molecule has 0 saturated carbocycles. The molecule has 6 nitrogen and oxygen atoms in total. The van der Waals surface area contributed by atoms with Gasteiger partial charge in [0.15, 0.2) is 5.96 Å². The van der Waals surface area contributed by atoms with Gasteiger partial charge in [0.2, 0.25) is 0 Å². The molecule has 0 aromatic heterocycles. The molecule has 2 aliphatic heterocycles. The minimum atomic E-state index is 0. The van der Waals surface area contributed by atoms with Gasteiger partial charge < -0.3 is 25.2 Å². The van der Waals surface area contributed by atoms with Crippen LogP contribution in [0, 0.1) is 6.92 Å². The fraction of sp³-hybridized carbons (Fsp3) is 0.682. The maximum absolute atomic E-state index is 5.58. The predicted octanol–water partition coefficient (Wildman–Crippen LogP) is 2.86. The van der Waals surface area contributed by atoms with Crippen molar-refractivity contribution >= 4 is 35.6 Å². The zero-order valence-corrected chi connectivity index (χ0v) is 20.7. The third-order valence-corrected chi connectivity index (χ3v) is 6.34. The van der Waals surface area contributed by atoms with Crippen molar-refractivity contribution < 1.29 is 4.74 Å². The summed E-state index contributed by atoms with van der Waals surface area (Å²) in [6.07, 6.45) is 4.47. The molecule has 1 atom stereocenters. The van der Waals surface area contributed by atoms with Crippen molar-refractivity contribution in [3.8, 4) is 0 Å². The summed E-state index contributed by atoms with van der Waals surface area (Å²) in [6.45, 7) is 6.82. The van der Waals surface area contributed by atoms with E-state index in [4.69, 9.17) is 4.74 Å². The summed E-state index contributed by atoms with van der Waals surface area (Å²) in [5, 5.41) is 7.25. The van der Waals surface area contributed by atoms with E-state index in [1.807, 2.05) is 7.05 Å². The molecule has 1 unspecified atom stereocenters. The molecule has 0 aliphatic carbocycles. The van der Waals surface area contributed by atoms with E-state index in [2.05, 4.69) is 70.7 Å². The molecule has 29 heavy (non-hydrogen) atoms. The second-order valence-electron chi connectivity index (χ2n) is 8.42. The average molecular weight is 515 g/mol. The standard InChI is InChI=1S/C22H37N5O.HI/c1-18-7-9-20(10-8-18)27-13-5-6-19(16-27)25-21(23-2)24-17-22(26(3)4)11-14-28-15-12-22;/h7-10,19H,5-6,11-17H2,1-4H3,(H2,23,24,25);1H. The number of nitrogens with one attached hydrogen (secondary N) is 2. The number of likely N-dealkylation sites (N-methyl/N-ethyl adjacent to an activating group) is 1. The maximum Gasteiger partial charge on any atom is 0.191 e. The van der Waals surface area contributed by atoms with E-state index in [9.17, 15) is 0 Å². The van der Waals surface area contributed by atoms with Gasteiger partial charge in [-0.1, -0.05) is 17.7 Å². The summed E-state index contributed by atoms with van der Waals surface area (Å²) >= 11 is 0. The van der Waals surface area contributed by atoms with Crippen LogP contribution in [-0.4, -0.2) is 76.4 Å². The normalized spacial score (nSPS) is 22.2. The van der Waals surface area contributed by atoms with E-state index >= 15 is 0 Å². The van der Waals surface area contributed by atoms with E-state index in [0.717, 1.165) is 51.6 Å². The number of guanidine groups is 1. The number of benzene rings is 1. The molecule has 1 aromatic rings. The SMILES string of the molecule is CN=C(NCC1(N(C)C)CCOCC1)NC1CCCN(c2ccc(C)cc2)C1.I. The maximum atomic E-state index is 5.58. The van der Waals surface area contributed by atoms with Gasteiger partial charge in [-0.2, -0.15) is 0 Å². The van der Waals surface area contributed by atoms with Crippen LogP contribution in [0.25, 0.3) is 0 Å². The lowest BCUT2D eigenvalue weighted by molar-refractivity contribution is -0.00503. The quantitative estimate of drug-likeness (QED) is 0.359. The largest absolute Gasteiger partial charge is 0.381 e. The molecule has 164 valence electrons. The van der Waals surface area contributed by atoms with Crippen LogP contribution in [0.15, 0.2) is 29.3 Å². The Morgan fingerprint density at radius 2 is 1.93 bits per heavy atom. The Labute approximate surface area is 193 Å². The zero-order valence-electron chi connectivity index (χ0n) is 18.4. The van der Waals surface area contributed by atoms with Gasteiger partial charge >= 0.3 is 0 Å². The van der Waals surface area contributed by atoms with Crippen LogP contribution in [0.5, 0.6) is 0 Å². The third-order valence-electron chi connectivity index (χ3n) is 6.34. The molecule has 3 rings (SSSR count). The Morgan fingerprint density at radius 3 is 2.55 bits per heavy atom. The number of piperidine rings is 1. The van der Waals surface area contributed by atoms with Gasteiger partial charge in [0.25, 0.3) is 0 Å². The minimum absolute atomic E-state index is 0. The van der Waals surface area contributed by atoms with Crippen molar-refractivity contribution in [2.75, 3.05) is 58.9 Å². The molecule has 0 spiro atoms. The number of hydrogen-bond donors (Lipinski definition) is 2. The first-order valence-corrected chi connectivity index (χ1v) is 10.6. The molecule has 1 aromatic carbocycles. The Kier molecular flexibility index (Phi) is 9.49. The summed E-state index contributed by atoms with van der Waals surface area (Å²) in [6, 6.07) is 9.27. The van der Waals surface area contributed by atoms with Gasteiger partial charge in [-0.05, 0) is 58.8 Å². The molecule has 0 bridgehead atoms. The van der Waals surface area contributed by atoms with Crippen LogP contribution in [0.2, 0.25) is 0 Å². The molecule has 2 heterocycles. The Balaban J connectivity index is 0.00000300. The van der Waals surface area contributed by atoms with Crippen LogP contribution in [-0.2, 0) is 4.74 Å². The van der Waals surface area contributed by atoms with E-state index in [-0.39, 0.29) is 29.5 Å². The molecule has 7 heteroatoms. The number of nitrogens with zero attached hydrogens (tertiary/aromatic N) is 3. The number of aryl methyl sites for hydroxylation is 1. The first kappa shape index (κ1) is 24.2. The lowest BCUT2D eigenvalue weighted by Gasteiger charge is -2.43. The highest BCUT2D eigenvalue weighted by Crippen LogP contribution is 2.25. The van der Waals surface area contributed by atoms with Gasteiger partial charge in [0.1, 0.15) is 0 Å². The van der Waals surface area contributed by atoms with Crippen LogP contribution < -0.4 is 15.5 Å². The lowest BCUT2D eigenvalue weighted by atomic mass is 9.88. The van der Waals surface area contributed by atoms with Crippen molar-refractivity contribution in [1.82, 2.24) is 15.5 Å². The summed E-state index contributed by atoms with van der Waals surface area (Å²) in [5.41, 5.74) is 2.76. The van der Waals surface area contributed by atoms with Crippen molar-refractivity contribution in [3.63, 3.8) is 0 Å². The van der Waals surface area contributed by atoms with Gasteiger partial charge in [0.05, 0.1) is 0 Å². The smallest absolute Gasteiger partial charge is 0.191 e. The molecular formula is C22H38IN5O. The van der Waals surface area contributed by atoms with Crippen molar-refractivity contribution in [2.24, 2.45) is 4.99 Å². The molecule has 0 amide bonds. The van der Waals surface area contributed by atoms with Gasteiger partial charge in [0, 0.05) is 57.2 Å². The second kappa shape index (κ2) is 11.4. The molecule has 2 aliphatic rings. The summed E-state index contributed by atoms with van der Waals surface area (Å²) in [7, 11) is 6.20. The highest BCUT2D eigenvalue weighted by atomic mass is 127. The van der Waals surface area contributed by atoms with E-state index < -0.39 is 0 Å². The van der Waals surface area contributed by atoms with E-state index in [1.54, 1.807) is 0 Å². The predicted molar refractivity (Wildman–Crippen MR) is 133 cm³/mol. The third kappa shape index (κ3) is 6.46. The van der Waals surface area contributed by atoms with Crippen LogP contribution in [0.3, 0.4) is 0 Å². The highest BCUT2D eigenvalue weighted by molar-refractivity contribution is 14.0. The number of anilines is 1. The van der Waals surface area contributed by atoms with Crippen molar-refractivity contribution in [2.45, 2.75) is 44.2 Å². The second-order valence-corrected chi connectivity index (χ2v) is 8.42. The topological polar surface area (TPSA) is 52.1 Å². The number of ether oxygens (including phenoxy) is 1. The number of aliphatic imine (C=N–C) groups is 1. The van der Waals surface area contributed by atoms with Crippen molar-refractivity contribution in [3.05, 3.63) is 29.8 Å². The first-order valence-electron chi connectivity index (χ1n) is 10.6. The fourth-order valence-electron chi connectivity index (χ4n) is 4.25.